The second-order valence-corrected chi connectivity index (χ2v) is 4.40. The molecule has 0 saturated carbocycles. The Morgan fingerprint density at radius 2 is 2.40 bits per heavy atom. The predicted octanol–water partition coefficient (Wildman–Crippen LogP) is 0.472. The molecule has 2 heterocycles. The van der Waals surface area contributed by atoms with Crippen molar-refractivity contribution in [3.63, 3.8) is 0 Å². The Labute approximate surface area is 94.8 Å². The molecule has 0 aromatic carbocycles. The molecule has 80 valence electrons. The summed E-state index contributed by atoms with van der Waals surface area (Å²) in [6.07, 6.45) is 4.15. The molecule has 0 fully saturated rings. The first-order valence-electron chi connectivity index (χ1n) is 4.45. The molecule has 2 aromatic rings. The van der Waals surface area contributed by atoms with Gasteiger partial charge >= 0.3 is 0 Å². The van der Waals surface area contributed by atoms with E-state index in [-0.39, 0.29) is 4.83 Å². The van der Waals surface area contributed by atoms with Crippen molar-refractivity contribution in [1.29, 1.82) is 0 Å². The highest BCUT2D eigenvalue weighted by molar-refractivity contribution is 9.09. The van der Waals surface area contributed by atoms with Crippen LogP contribution in [0.15, 0.2) is 12.4 Å². The summed E-state index contributed by atoms with van der Waals surface area (Å²) in [5.74, 6) is 0. The van der Waals surface area contributed by atoms with Gasteiger partial charge in [-0.1, -0.05) is 15.9 Å². The van der Waals surface area contributed by atoms with Crippen LogP contribution in [0.3, 0.4) is 0 Å². The van der Waals surface area contributed by atoms with Gasteiger partial charge in [-0.15, -0.1) is 5.10 Å². The van der Waals surface area contributed by atoms with E-state index in [0.717, 1.165) is 12.1 Å². The highest BCUT2D eigenvalue weighted by Crippen LogP contribution is 2.09. The Kier molecular flexibility index (Phi) is 3.22. The van der Waals surface area contributed by atoms with Gasteiger partial charge in [-0.3, -0.25) is 4.98 Å². The van der Waals surface area contributed by atoms with E-state index in [0.29, 0.717) is 12.3 Å². The van der Waals surface area contributed by atoms with Crippen LogP contribution in [0.25, 0.3) is 5.65 Å². The van der Waals surface area contributed by atoms with E-state index in [1.165, 1.54) is 0 Å². The lowest BCUT2D eigenvalue weighted by Gasteiger charge is -2.08. The van der Waals surface area contributed by atoms with Crippen molar-refractivity contribution in [1.82, 2.24) is 25.0 Å². The first-order chi connectivity index (χ1) is 7.31. The molecule has 6 nitrogen and oxygen atoms in total. The molecule has 2 rings (SSSR count). The Balaban J connectivity index is 2.23. The predicted molar refractivity (Wildman–Crippen MR) is 56.9 cm³/mol. The van der Waals surface area contributed by atoms with Crippen LogP contribution in [0.2, 0.25) is 0 Å². The maximum atomic E-state index is 5.04. The van der Waals surface area contributed by atoms with Gasteiger partial charge in [0.1, 0.15) is 0 Å². The number of fused-ring (bicyclic) bond motifs is 1. The summed E-state index contributed by atoms with van der Waals surface area (Å²) in [5, 5.41) is 11.3. The lowest BCUT2D eigenvalue weighted by atomic mass is 10.2. The average Bonchev–Trinajstić information content (AvgIpc) is 2.67. The maximum Gasteiger partial charge on any atom is 0.197 e. The quantitative estimate of drug-likeness (QED) is 0.757. The number of aromatic nitrogens is 5. The van der Waals surface area contributed by atoms with Crippen molar-refractivity contribution < 1.29 is 4.74 Å². The molecular weight excluding hydrogens is 262 g/mol. The Hall–Kier alpha value is -1.08. The van der Waals surface area contributed by atoms with Gasteiger partial charge in [0.05, 0.1) is 18.5 Å². The molecule has 0 spiro atoms. The topological polar surface area (TPSA) is 65.2 Å². The summed E-state index contributed by atoms with van der Waals surface area (Å²) in [6, 6.07) is 0. The highest BCUT2D eigenvalue weighted by atomic mass is 79.9. The van der Waals surface area contributed by atoms with Gasteiger partial charge in [0, 0.05) is 24.6 Å². The standard InChI is InChI=1S/C8H10BrN5O/c1-15-5-6(9)2-7-3-10-4-8-11-12-13-14(7)8/h3-4,6H,2,5H2,1H3. The van der Waals surface area contributed by atoms with Gasteiger partial charge < -0.3 is 4.74 Å². The molecule has 0 bridgehead atoms. The second-order valence-electron chi connectivity index (χ2n) is 3.10. The van der Waals surface area contributed by atoms with Crippen LogP contribution >= 0.6 is 15.9 Å². The smallest absolute Gasteiger partial charge is 0.197 e. The zero-order valence-electron chi connectivity index (χ0n) is 8.17. The minimum Gasteiger partial charge on any atom is -0.384 e. The average molecular weight is 272 g/mol. The molecule has 0 saturated heterocycles. The van der Waals surface area contributed by atoms with Crippen LogP contribution in [0.5, 0.6) is 0 Å². The molecule has 0 amide bonds. The number of hydrogen-bond donors (Lipinski definition) is 0. The normalized spacial score (nSPS) is 13.2. The Bertz CT molecular complexity index is 445. The summed E-state index contributed by atoms with van der Waals surface area (Å²) < 4.78 is 6.72. The number of tetrazole rings is 1. The zero-order chi connectivity index (χ0) is 10.7. The third-order valence-corrected chi connectivity index (χ3v) is 2.55. The fourth-order valence-electron chi connectivity index (χ4n) is 1.33. The van der Waals surface area contributed by atoms with Gasteiger partial charge in [-0.2, -0.15) is 4.52 Å². The zero-order valence-corrected chi connectivity index (χ0v) is 9.75. The first-order valence-corrected chi connectivity index (χ1v) is 5.37. The van der Waals surface area contributed by atoms with E-state index in [9.17, 15) is 0 Å². The molecule has 0 radical (unpaired) electrons. The number of halogens is 1. The molecule has 15 heavy (non-hydrogen) atoms. The Morgan fingerprint density at radius 3 is 3.20 bits per heavy atom. The van der Waals surface area contributed by atoms with Gasteiger partial charge in [0.25, 0.3) is 0 Å². The lowest BCUT2D eigenvalue weighted by Crippen LogP contribution is -2.13. The summed E-state index contributed by atoms with van der Waals surface area (Å²) in [5.41, 5.74) is 1.61. The molecule has 0 aliphatic rings. The van der Waals surface area contributed by atoms with Crippen molar-refractivity contribution in [3.8, 4) is 0 Å². The SMILES string of the molecule is COCC(Br)Cc1cncc2nnnn12. The summed E-state index contributed by atoms with van der Waals surface area (Å²) >= 11 is 3.51. The number of ether oxygens (including phenoxy) is 1. The van der Waals surface area contributed by atoms with Crippen molar-refractivity contribution >= 4 is 21.6 Å². The van der Waals surface area contributed by atoms with Crippen LogP contribution in [-0.2, 0) is 11.2 Å². The summed E-state index contributed by atoms with van der Waals surface area (Å²) in [6.45, 7) is 0.637. The van der Waals surface area contributed by atoms with E-state index < -0.39 is 0 Å². The van der Waals surface area contributed by atoms with E-state index >= 15 is 0 Å². The summed E-state index contributed by atoms with van der Waals surface area (Å²) in [4.78, 5) is 4.31. The number of methoxy groups -OCH3 is 1. The van der Waals surface area contributed by atoms with Gasteiger partial charge in [0.2, 0.25) is 0 Å². The van der Waals surface area contributed by atoms with Gasteiger partial charge in [-0.25, -0.2) is 0 Å². The number of rotatable bonds is 4. The fraction of sp³-hybridized carbons (Fsp3) is 0.500. The van der Waals surface area contributed by atoms with E-state index in [1.54, 1.807) is 24.0 Å². The maximum absolute atomic E-state index is 5.04. The first kappa shape index (κ1) is 10.4. The molecule has 0 aliphatic heterocycles. The van der Waals surface area contributed by atoms with Crippen molar-refractivity contribution in [2.75, 3.05) is 13.7 Å². The largest absolute Gasteiger partial charge is 0.384 e. The van der Waals surface area contributed by atoms with Crippen molar-refractivity contribution in [3.05, 3.63) is 18.1 Å². The molecule has 1 atom stereocenters. The van der Waals surface area contributed by atoms with Gasteiger partial charge in [-0.05, 0) is 10.4 Å². The number of nitrogens with zero attached hydrogens (tertiary/aromatic N) is 5. The van der Waals surface area contributed by atoms with Crippen LogP contribution in [-0.4, -0.2) is 43.6 Å². The molecule has 2 aromatic heterocycles. The molecule has 0 N–H and O–H groups in total. The monoisotopic (exact) mass is 271 g/mol. The molecule has 0 aliphatic carbocycles. The van der Waals surface area contributed by atoms with Crippen molar-refractivity contribution in [2.24, 2.45) is 0 Å². The van der Waals surface area contributed by atoms with Gasteiger partial charge in [0.15, 0.2) is 5.65 Å². The molecular formula is C8H10BrN5O. The van der Waals surface area contributed by atoms with Crippen LogP contribution in [0, 0.1) is 0 Å². The third-order valence-electron chi connectivity index (χ3n) is 1.96. The third kappa shape index (κ3) is 2.29. The van der Waals surface area contributed by atoms with E-state index in [1.807, 2.05) is 0 Å². The Morgan fingerprint density at radius 1 is 1.53 bits per heavy atom. The molecule has 7 heteroatoms. The minimum absolute atomic E-state index is 0.235. The number of hydrogen-bond acceptors (Lipinski definition) is 5. The lowest BCUT2D eigenvalue weighted by molar-refractivity contribution is 0.200. The van der Waals surface area contributed by atoms with Crippen LogP contribution in [0.4, 0.5) is 0 Å². The highest BCUT2D eigenvalue weighted by Gasteiger charge is 2.09. The van der Waals surface area contributed by atoms with Crippen LogP contribution in [0.1, 0.15) is 5.69 Å². The van der Waals surface area contributed by atoms with E-state index in [4.69, 9.17) is 4.74 Å². The van der Waals surface area contributed by atoms with E-state index in [2.05, 4.69) is 36.4 Å². The van der Waals surface area contributed by atoms with Crippen LogP contribution < -0.4 is 0 Å². The second kappa shape index (κ2) is 4.63. The number of alkyl halides is 1. The van der Waals surface area contributed by atoms with Crippen molar-refractivity contribution in [2.45, 2.75) is 11.2 Å². The molecule has 1 unspecified atom stereocenters. The minimum atomic E-state index is 0.235. The fourth-order valence-corrected chi connectivity index (χ4v) is 1.93. The summed E-state index contributed by atoms with van der Waals surface area (Å²) in [7, 11) is 1.67.